The van der Waals surface area contributed by atoms with Gasteiger partial charge in [-0.2, -0.15) is 0 Å². The number of pyridine rings is 1. The molecule has 0 saturated heterocycles. The average Bonchev–Trinajstić information content (AvgIpc) is 2.36. The van der Waals surface area contributed by atoms with Crippen molar-refractivity contribution < 1.29 is 4.74 Å². The lowest BCUT2D eigenvalue weighted by Gasteiger charge is -2.12. The number of nitrogens with two attached hydrogens (primary N) is 1. The maximum Gasteiger partial charge on any atom is 0.120 e. The highest BCUT2D eigenvalue weighted by Crippen LogP contribution is 2.25. The number of ether oxygens (including phenoxy) is 1. The van der Waals surface area contributed by atoms with Gasteiger partial charge in [-0.1, -0.05) is 13.8 Å². The predicted molar refractivity (Wildman–Crippen MR) is 79.4 cm³/mol. The highest BCUT2D eigenvalue weighted by atomic mass is 16.5. The van der Waals surface area contributed by atoms with Crippen molar-refractivity contribution in [3.05, 3.63) is 35.5 Å². The van der Waals surface area contributed by atoms with Crippen molar-refractivity contribution in [2.24, 2.45) is 11.7 Å². The van der Waals surface area contributed by atoms with Crippen LogP contribution in [0.15, 0.2) is 24.3 Å². The van der Waals surface area contributed by atoms with Gasteiger partial charge < -0.3 is 10.5 Å². The monoisotopic (exact) mass is 258 g/mol. The summed E-state index contributed by atoms with van der Waals surface area (Å²) in [5, 5.41) is 1.13. The fraction of sp³-hybridized carbons (Fsp3) is 0.438. The van der Waals surface area contributed by atoms with Crippen molar-refractivity contribution in [1.82, 2.24) is 4.98 Å². The van der Waals surface area contributed by atoms with Gasteiger partial charge in [-0.3, -0.25) is 4.98 Å². The predicted octanol–water partition coefficient (Wildman–Crippen LogP) is 3.60. The third kappa shape index (κ3) is 3.24. The standard InChI is InChI=1S/C16H22N2O/c1-10(2)9-19-13-5-6-15-14(8-13)11(3)7-16(18-15)12(4)17/h5-8,10,12H,9,17H2,1-4H3. The highest BCUT2D eigenvalue weighted by molar-refractivity contribution is 5.83. The third-order valence-electron chi connectivity index (χ3n) is 3.06. The largest absolute Gasteiger partial charge is 0.493 e. The molecule has 1 unspecified atom stereocenters. The van der Waals surface area contributed by atoms with Gasteiger partial charge in [0.2, 0.25) is 0 Å². The van der Waals surface area contributed by atoms with E-state index in [1.54, 1.807) is 0 Å². The van der Waals surface area contributed by atoms with E-state index >= 15 is 0 Å². The van der Waals surface area contributed by atoms with Crippen LogP contribution < -0.4 is 10.5 Å². The molecule has 0 spiro atoms. The molecule has 2 N–H and O–H groups in total. The summed E-state index contributed by atoms with van der Waals surface area (Å²) >= 11 is 0. The number of nitrogens with zero attached hydrogens (tertiary/aromatic N) is 1. The normalized spacial score (nSPS) is 12.9. The van der Waals surface area contributed by atoms with Gasteiger partial charge in [0.15, 0.2) is 0 Å². The highest BCUT2D eigenvalue weighted by Gasteiger charge is 2.07. The number of rotatable bonds is 4. The SMILES string of the molecule is Cc1cc(C(C)N)nc2ccc(OCC(C)C)cc12. The zero-order valence-electron chi connectivity index (χ0n) is 12.1. The maximum atomic E-state index is 5.90. The quantitative estimate of drug-likeness (QED) is 0.911. The van der Waals surface area contributed by atoms with E-state index in [1.807, 2.05) is 19.1 Å². The second-order valence-electron chi connectivity index (χ2n) is 5.54. The summed E-state index contributed by atoms with van der Waals surface area (Å²) in [5.74, 6) is 1.43. The third-order valence-corrected chi connectivity index (χ3v) is 3.06. The van der Waals surface area contributed by atoms with Crippen LogP contribution in [0.2, 0.25) is 0 Å². The summed E-state index contributed by atoms with van der Waals surface area (Å²) in [7, 11) is 0. The minimum Gasteiger partial charge on any atom is -0.493 e. The van der Waals surface area contributed by atoms with E-state index in [-0.39, 0.29) is 6.04 Å². The molecule has 3 heteroatoms. The Morgan fingerprint density at radius 1 is 1.21 bits per heavy atom. The first-order valence-electron chi connectivity index (χ1n) is 6.77. The summed E-state index contributed by atoms with van der Waals surface area (Å²) in [6.07, 6.45) is 0. The summed E-state index contributed by atoms with van der Waals surface area (Å²) in [6, 6.07) is 8.05. The summed E-state index contributed by atoms with van der Waals surface area (Å²) in [5.41, 5.74) is 8.99. The number of hydrogen-bond donors (Lipinski definition) is 1. The molecule has 2 rings (SSSR count). The Hall–Kier alpha value is -1.61. The van der Waals surface area contributed by atoms with E-state index in [4.69, 9.17) is 10.5 Å². The Labute approximate surface area is 114 Å². The van der Waals surface area contributed by atoms with E-state index in [1.165, 1.54) is 5.56 Å². The van der Waals surface area contributed by atoms with E-state index in [9.17, 15) is 0 Å². The van der Waals surface area contributed by atoms with E-state index in [2.05, 4.69) is 37.9 Å². The van der Waals surface area contributed by atoms with Crippen LogP contribution in [0.5, 0.6) is 5.75 Å². The minimum atomic E-state index is -0.0417. The molecule has 1 aromatic carbocycles. The Kier molecular flexibility index (Phi) is 4.05. The van der Waals surface area contributed by atoms with Crippen LogP contribution in [-0.4, -0.2) is 11.6 Å². The van der Waals surface area contributed by atoms with Crippen molar-refractivity contribution >= 4 is 10.9 Å². The zero-order chi connectivity index (χ0) is 14.0. The van der Waals surface area contributed by atoms with Crippen LogP contribution >= 0.6 is 0 Å². The van der Waals surface area contributed by atoms with Crippen molar-refractivity contribution in [1.29, 1.82) is 0 Å². The van der Waals surface area contributed by atoms with Crippen LogP contribution in [0.1, 0.15) is 38.1 Å². The van der Waals surface area contributed by atoms with Crippen LogP contribution in [0.25, 0.3) is 10.9 Å². The zero-order valence-corrected chi connectivity index (χ0v) is 12.1. The van der Waals surface area contributed by atoms with Crippen molar-refractivity contribution in [3.63, 3.8) is 0 Å². The lowest BCUT2D eigenvalue weighted by molar-refractivity contribution is 0.271. The molecule has 0 amide bonds. The summed E-state index contributed by atoms with van der Waals surface area (Å²) in [6.45, 7) is 9.05. The van der Waals surface area contributed by atoms with Gasteiger partial charge in [0, 0.05) is 11.4 Å². The molecule has 1 atom stereocenters. The van der Waals surface area contributed by atoms with E-state index < -0.39 is 0 Å². The molecule has 0 bridgehead atoms. The lowest BCUT2D eigenvalue weighted by Crippen LogP contribution is -2.08. The molecule has 0 saturated carbocycles. The molecule has 0 aliphatic heterocycles. The molecule has 0 aliphatic carbocycles. The molecule has 1 aromatic heterocycles. The molecule has 102 valence electrons. The van der Waals surface area contributed by atoms with Crippen molar-refractivity contribution in [3.8, 4) is 5.75 Å². The Balaban J connectivity index is 2.38. The van der Waals surface area contributed by atoms with Gasteiger partial charge in [0.05, 0.1) is 17.8 Å². The number of fused-ring (bicyclic) bond motifs is 1. The van der Waals surface area contributed by atoms with Gasteiger partial charge in [-0.05, 0) is 49.6 Å². The smallest absolute Gasteiger partial charge is 0.120 e. The topological polar surface area (TPSA) is 48.1 Å². The molecule has 19 heavy (non-hydrogen) atoms. The first-order valence-corrected chi connectivity index (χ1v) is 6.77. The molecule has 3 nitrogen and oxygen atoms in total. The van der Waals surface area contributed by atoms with Crippen LogP contribution in [-0.2, 0) is 0 Å². The fourth-order valence-corrected chi connectivity index (χ4v) is 1.99. The lowest BCUT2D eigenvalue weighted by atomic mass is 10.1. The van der Waals surface area contributed by atoms with Crippen LogP contribution in [0, 0.1) is 12.8 Å². The maximum absolute atomic E-state index is 5.90. The van der Waals surface area contributed by atoms with E-state index in [0.717, 1.165) is 29.0 Å². The first-order chi connectivity index (χ1) is 8.97. The van der Waals surface area contributed by atoms with Gasteiger partial charge in [0.25, 0.3) is 0 Å². The minimum absolute atomic E-state index is 0.0417. The first kappa shape index (κ1) is 13.8. The second kappa shape index (κ2) is 5.57. The number of benzene rings is 1. The molecule has 2 aromatic rings. The van der Waals surface area contributed by atoms with Crippen molar-refractivity contribution in [2.45, 2.75) is 33.7 Å². The molecular formula is C16H22N2O. The van der Waals surface area contributed by atoms with Crippen LogP contribution in [0.3, 0.4) is 0 Å². The van der Waals surface area contributed by atoms with E-state index in [0.29, 0.717) is 5.92 Å². The van der Waals surface area contributed by atoms with Gasteiger partial charge in [-0.25, -0.2) is 0 Å². The number of hydrogen-bond acceptors (Lipinski definition) is 3. The molecule has 0 radical (unpaired) electrons. The number of aryl methyl sites for hydroxylation is 1. The fourth-order valence-electron chi connectivity index (χ4n) is 1.99. The van der Waals surface area contributed by atoms with Gasteiger partial charge >= 0.3 is 0 Å². The molecule has 0 fully saturated rings. The molecular weight excluding hydrogens is 236 g/mol. The Bertz CT molecular complexity index is 576. The van der Waals surface area contributed by atoms with Crippen LogP contribution in [0.4, 0.5) is 0 Å². The summed E-state index contributed by atoms with van der Waals surface area (Å²) < 4.78 is 5.76. The van der Waals surface area contributed by atoms with Gasteiger partial charge in [-0.15, -0.1) is 0 Å². The Morgan fingerprint density at radius 2 is 1.95 bits per heavy atom. The van der Waals surface area contributed by atoms with Crippen molar-refractivity contribution in [2.75, 3.05) is 6.61 Å². The number of aromatic nitrogens is 1. The molecule has 0 aliphatic rings. The second-order valence-corrected chi connectivity index (χ2v) is 5.54. The van der Waals surface area contributed by atoms with Gasteiger partial charge in [0.1, 0.15) is 5.75 Å². The molecule has 1 heterocycles. The average molecular weight is 258 g/mol. The summed E-state index contributed by atoms with van der Waals surface area (Å²) in [4.78, 5) is 4.59. The Morgan fingerprint density at radius 3 is 2.58 bits per heavy atom.